The minimum Gasteiger partial charge on any atom is -0.496 e. The summed E-state index contributed by atoms with van der Waals surface area (Å²) in [7, 11) is 1.73. The van der Waals surface area contributed by atoms with Gasteiger partial charge in [-0.1, -0.05) is 57.4 Å². The van der Waals surface area contributed by atoms with E-state index in [1.54, 1.807) is 7.11 Å². The topological polar surface area (TPSA) is 9.23 Å². The number of halogens is 2. The van der Waals surface area contributed by atoms with Gasteiger partial charge in [0, 0.05) is 10.4 Å². The van der Waals surface area contributed by atoms with Crippen LogP contribution in [0.3, 0.4) is 0 Å². The van der Waals surface area contributed by atoms with E-state index < -0.39 is 0 Å². The predicted octanol–water partition coefficient (Wildman–Crippen LogP) is 5.45. The second-order valence-corrected chi connectivity index (χ2v) is 6.45. The van der Waals surface area contributed by atoms with Gasteiger partial charge >= 0.3 is 0 Å². The van der Waals surface area contributed by atoms with Crippen LogP contribution < -0.4 is 4.74 Å². The maximum absolute atomic E-state index is 5.94. The molecule has 0 radical (unpaired) electrons. The van der Waals surface area contributed by atoms with Crippen molar-refractivity contribution in [3.05, 3.63) is 64.2 Å². The Morgan fingerprint density at radius 1 is 1.10 bits per heavy atom. The summed E-state index contributed by atoms with van der Waals surface area (Å²) in [5.41, 5.74) is 3.86. The third-order valence-electron chi connectivity index (χ3n) is 3.60. The molecule has 1 unspecified atom stereocenters. The Labute approximate surface area is 140 Å². The Balaban J connectivity index is 2.11. The summed E-state index contributed by atoms with van der Waals surface area (Å²) in [6.45, 7) is 2.12. The molecule has 0 heterocycles. The fraction of sp³-hybridized carbons (Fsp3) is 0.333. The number of rotatable bonds is 6. The summed E-state index contributed by atoms with van der Waals surface area (Å²) in [6.07, 6.45) is 2.03. The molecule has 0 saturated carbocycles. The second kappa shape index (κ2) is 7.86. The molecule has 0 N–H and O–H groups in total. The molecule has 1 atom stereocenters. The van der Waals surface area contributed by atoms with Gasteiger partial charge in [0.25, 0.3) is 0 Å². The first-order chi connectivity index (χ1) is 10.1. The van der Waals surface area contributed by atoms with Gasteiger partial charge in [-0.15, -0.1) is 0 Å². The fourth-order valence-corrected chi connectivity index (χ4v) is 3.10. The van der Waals surface area contributed by atoms with E-state index in [1.807, 2.05) is 12.1 Å². The predicted molar refractivity (Wildman–Crippen MR) is 93.9 cm³/mol. The third kappa shape index (κ3) is 4.76. The van der Waals surface area contributed by atoms with E-state index in [-0.39, 0.29) is 0 Å². The number of alkyl halides is 1. The quantitative estimate of drug-likeness (QED) is 0.617. The molecule has 0 fully saturated rings. The van der Waals surface area contributed by atoms with Gasteiger partial charge in [0.15, 0.2) is 0 Å². The van der Waals surface area contributed by atoms with Crippen LogP contribution in [-0.4, -0.2) is 12.4 Å². The summed E-state index contributed by atoms with van der Waals surface area (Å²) >= 11 is 9.59. The molecule has 112 valence electrons. The summed E-state index contributed by atoms with van der Waals surface area (Å²) in [6, 6.07) is 14.5. The molecule has 3 heteroatoms. The number of hydrogen-bond donors (Lipinski definition) is 0. The van der Waals surface area contributed by atoms with E-state index in [0.717, 1.165) is 28.9 Å². The normalized spacial score (nSPS) is 12.2. The number of hydrogen-bond acceptors (Lipinski definition) is 1. The molecular weight excluding hydrogens is 348 g/mol. The molecular formula is C18H20BrClO. The summed E-state index contributed by atoms with van der Waals surface area (Å²) < 4.78 is 5.48. The van der Waals surface area contributed by atoms with Crippen molar-refractivity contribution < 1.29 is 4.74 Å². The van der Waals surface area contributed by atoms with Crippen molar-refractivity contribution in [1.29, 1.82) is 0 Å². The van der Waals surface area contributed by atoms with Gasteiger partial charge in [0.2, 0.25) is 0 Å². The van der Waals surface area contributed by atoms with Crippen LogP contribution in [-0.2, 0) is 12.8 Å². The highest BCUT2D eigenvalue weighted by molar-refractivity contribution is 9.09. The van der Waals surface area contributed by atoms with Gasteiger partial charge in [0.05, 0.1) is 7.11 Å². The maximum atomic E-state index is 5.94. The van der Waals surface area contributed by atoms with Crippen molar-refractivity contribution in [3.63, 3.8) is 0 Å². The largest absolute Gasteiger partial charge is 0.496 e. The number of ether oxygens (including phenoxy) is 1. The van der Waals surface area contributed by atoms with Crippen molar-refractivity contribution in [1.82, 2.24) is 0 Å². The zero-order valence-electron chi connectivity index (χ0n) is 12.4. The average Bonchev–Trinajstić information content (AvgIpc) is 2.49. The highest BCUT2D eigenvalue weighted by Gasteiger charge is 2.13. The van der Waals surface area contributed by atoms with Gasteiger partial charge in [-0.05, 0) is 55.0 Å². The van der Waals surface area contributed by atoms with E-state index in [4.69, 9.17) is 16.3 Å². The van der Waals surface area contributed by atoms with Crippen LogP contribution in [0.2, 0.25) is 5.02 Å². The SMILES string of the molecule is COc1ccc(C)cc1CC(CBr)Cc1ccc(Cl)cc1. The summed E-state index contributed by atoms with van der Waals surface area (Å²) in [5.74, 6) is 1.50. The first-order valence-corrected chi connectivity index (χ1v) is 8.56. The summed E-state index contributed by atoms with van der Waals surface area (Å²) in [5, 5.41) is 1.75. The highest BCUT2D eigenvalue weighted by atomic mass is 79.9. The summed E-state index contributed by atoms with van der Waals surface area (Å²) in [4.78, 5) is 0. The fourth-order valence-electron chi connectivity index (χ4n) is 2.51. The van der Waals surface area contributed by atoms with Crippen LogP contribution in [0.1, 0.15) is 16.7 Å². The van der Waals surface area contributed by atoms with Gasteiger partial charge in [0.1, 0.15) is 5.75 Å². The van der Waals surface area contributed by atoms with Crippen LogP contribution in [0, 0.1) is 12.8 Å². The monoisotopic (exact) mass is 366 g/mol. The Bertz CT molecular complexity index is 580. The molecule has 0 aromatic heterocycles. The molecule has 0 bridgehead atoms. The molecule has 2 rings (SSSR count). The molecule has 0 aliphatic rings. The lowest BCUT2D eigenvalue weighted by Gasteiger charge is -2.17. The maximum Gasteiger partial charge on any atom is 0.122 e. The van der Waals surface area contributed by atoms with E-state index in [2.05, 4.69) is 53.2 Å². The molecule has 2 aromatic rings. The van der Waals surface area contributed by atoms with Gasteiger partial charge in [-0.2, -0.15) is 0 Å². The zero-order chi connectivity index (χ0) is 15.2. The van der Waals surface area contributed by atoms with Crippen molar-refractivity contribution in [3.8, 4) is 5.75 Å². The van der Waals surface area contributed by atoms with E-state index >= 15 is 0 Å². The molecule has 21 heavy (non-hydrogen) atoms. The lowest BCUT2D eigenvalue weighted by molar-refractivity contribution is 0.405. The highest BCUT2D eigenvalue weighted by Crippen LogP contribution is 2.25. The molecule has 0 amide bonds. The van der Waals surface area contributed by atoms with Crippen LogP contribution in [0.25, 0.3) is 0 Å². The molecule has 0 spiro atoms. The molecule has 0 saturated heterocycles. The van der Waals surface area contributed by atoms with E-state index in [1.165, 1.54) is 16.7 Å². The lowest BCUT2D eigenvalue weighted by atomic mass is 9.93. The minimum atomic E-state index is 0.530. The number of benzene rings is 2. The van der Waals surface area contributed by atoms with Crippen molar-refractivity contribution in [2.75, 3.05) is 12.4 Å². The molecule has 2 aromatic carbocycles. The Morgan fingerprint density at radius 3 is 2.43 bits per heavy atom. The smallest absolute Gasteiger partial charge is 0.122 e. The van der Waals surface area contributed by atoms with Crippen molar-refractivity contribution in [2.45, 2.75) is 19.8 Å². The minimum absolute atomic E-state index is 0.530. The van der Waals surface area contributed by atoms with Crippen LogP contribution in [0.4, 0.5) is 0 Å². The standard InChI is InChI=1S/C18H20BrClO/c1-13-3-8-18(21-2)16(9-13)11-15(12-19)10-14-4-6-17(20)7-5-14/h3-9,15H,10-12H2,1-2H3. The van der Waals surface area contributed by atoms with Gasteiger partial charge < -0.3 is 4.74 Å². The first-order valence-electron chi connectivity index (χ1n) is 7.06. The van der Waals surface area contributed by atoms with E-state index in [0.29, 0.717) is 5.92 Å². The number of methoxy groups -OCH3 is 1. The average molecular weight is 368 g/mol. The van der Waals surface area contributed by atoms with Crippen LogP contribution in [0.5, 0.6) is 5.75 Å². The van der Waals surface area contributed by atoms with Gasteiger partial charge in [-0.25, -0.2) is 0 Å². The molecule has 0 aliphatic heterocycles. The van der Waals surface area contributed by atoms with E-state index in [9.17, 15) is 0 Å². The van der Waals surface area contributed by atoms with Gasteiger partial charge in [-0.3, -0.25) is 0 Å². The number of aryl methyl sites for hydroxylation is 1. The first kappa shape index (κ1) is 16.4. The second-order valence-electron chi connectivity index (χ2n) is 5.37. The zero-order valence-corrected chi connectivity index (χ0v) is 14.7. The molecule has 0 aliphatic carbocycles. The van der Waals surface area contributed by atoms with Crippen molar-refractivity contribution in [2.24, 2.45) is 5.92 Å². The van der Waals surface area contributed by atoms with Crippen LogP contribution in [0.15, 0.2) is 42.5 Å². The molecule has 1 nitrogen and oxygen atoms in total. The Hall–Kier alpha value is -0.990. The van der Waals surface area contributed by atoms with Crippen LogP contribution >= 0.6 is 27.5 Å². The Kier molecular flexibility index (Phi) is 6.13. The Morgan fingerprint density at radius 2 is 1.81 bits per heavy atom. The van der Waals surface area contributed by atoms with Crippen molar-refractivity contribution >= 4 is 27.5 Å². The third-order valence-corrected chi connectivity index (χ3v) is 4.77. The lowest BCUT2D eigenvalue weighted by Crippen LogP contribution is -2.11.